The van der Waals surface area contributed by atoms with Crippen molar-refractivity contribution in [2.24, 2.45) is 68.0 Å². The third-order valence-corrected chi connectivity index (χ3v) is 19.6. The van der Waals surface area contributed by atoms with E-state index in [0.29, 0.717) is 49.2 Å². The average molecular weight is 899 g/mol. The van der Waals surface area contributed by atoms with Crippen molar-refractivity contribution < 1.29 is 43.3 Å². The minimum Gasteiger partial charge on any atom is -0.488 e. The van der Waals surface area contributed by atoms with Crippen LogP contribution >= 0.6 is 0 Å². The monoisotopic (exact) mass is 899 g/mol. The van der Waals surface area contributed by atoms with Gasteiger partial charge < -0.3 is 30.0 Å². The van der Waals surface area contributed by atoms with E-state index in [1.54, 1.807) is 24.3 Å². The lowest BCUT2D eigenvalue weighted by Crippen LogP contribution is -2.66. The minimum atomic E-state index is -0.842. The summed E-state index contributed by atoms with van der Waals surface area (Å²) in [5.41, 5.74) is 0.628. The van der Waals surface area contributed by atoms with Gasteiger partial charge in [0.1, 0.15) is 18.0 Å². The van der Waals surface area contributed by atoms with E-state index < -0.39 is 34.2 Å². The molecule has 0 bridgehead atoms. The smallest absolute Gasteiger partial charge is 0.309 e. The third kappa shape index (κ3) is 7.87. The number of allylic oxidation sites excluding steroid dienone is 2. The van der Waals surface area contributed by atoms with Gasteiger partial charge in [-0.3, -0.25) is 24.0 Å². The van der Waals surface area contributed by atoms with Gasteiger partial charge in [0.2, 0.25) is 5.91 Å². The molecule has 11 atom stereocenters. The highest BCUT2D eigenvalue weighted by atomic mass is 16.6. The number of carboxylic acids is 1. The van der Waals surface area contributed by atoms with Crippen molar-refractivity contribution in [3.05, 3.63) is 41.0 Å². The van der Waals surface area contributed by atoms with E-state index in [4.69, 9.17) is 14.2 Å². The molecule has 1 saturated heterocycles. The first-order valence-electron chi connectivity index (χ1n) is 24.9. The SMILES string of the molecule is CC(C)C1=C2[C@H]3CC[C@@H]4[C@@]5(C)CC[C@H](OC(=O)[C@H]6C[C@@H](C(=O)O)C6(C)C)C(C)(C)[C@@H]5CC[C@@]4(C)[C@]3(C)CC[C@@]2(CC(=O)NCC(C)(C)NC(=O)c2ccc(O[C@H]3CCOC3)cc2)CC1=O. The number of carbonyl (C=O) groups excluding carboxylic acids is 4. The van der Waals surface area contributed by atoms with Gasteiger partial charge in [0.25, 0.3) is 5.91 Å². The zero-order valence-corrected chi connectivity index (χ0v) is 41.2. The molecule has 0 radical (unpaired) electrons. The van der Waals surface area contributed by atoms with Gasteiger partial charge in [0.05, 0.1) is 30.6 Å². The number of rotatable bonds is 12. The molecule has 6 fully saturated rings. The van der Waals surface area contributed by atoms with Crippen LogP contribution in [0.4, 0.5) is 0 Å². The maximum atomic E-state index is 14.2. The molecule has 11 nitrogen and oxygen atoms in total. The Morgan fingerprint density at radius 1 is 0.846 bits per heavy atom. The highest BCUT2D eigenvalue weighted by molar-refractivity contribution is 6.01. The number of Topliss-reactive ketones (excluding diaryl/α,β-unsaturated/α-hetero) is 1. The molecule has 1 aromatic rings. The van der Waals surface area contributed by atoms with Gasteiger partial charge in [-0.25, -0.2) is 0 Å². The summed E-state index contributed by atoms with van der Waals surface area (Å²) in [5, 5.41) is 16.0. The van der Waals surface area contributed by atoms with Crippen LogP contribution in [0.1, 0.15) is 164 Å². The molecule has 5 saturated carbocycles. The molecule has 1 aromatic carbocycles. The van der Waals surface area contributed by atoms with E-state index >= 15 is 0 Å². The van der Waals surface area contributed by atoms with Crippen molar-refractivity contribution >= 4 is 29.5 Å². The zero-order chi connectivity index (χ0) is 47.3. The Hall–Kier alpha value is -3.73. The van der Waals surface area contributed by atoms with Gasteiger partial charge in [0.15, 0.2) is 5.78 Å². The van der Waals surface area contributed by atoms with Crippen molar-refractivity contribution in [2.75, 3.05) is 19.8 Å². The Morgan fingerprint density at radius 3 is 2.18 bits per heavy atom. The fourth-order valence-corrected chi connectivity index (χ4v) is 15.7. The molecule has 8 rings (SSSR count). The molecule has 7 aliphatic rings. The van der Waals surface area contributed by atoms with Gasteiger partial charge in [-0.2, -0.15) is 0 Å². The fraction of sp³-hybridized carbons (Fsp3) is 0.759. The van der Waals surface area contributed by atoms with E-state index in [0.717, 1.165) is 63.4 Å². The number of fused-ring (bicyclic) bond motifs is 7. The molecule has 65 heavy (non-hydrogen) atoms. The normalized spacial score (nSPS) is 38.1. The van der Waals surface area contributed by atoms with E-state index in [1.807, 2.05) is 27.7 Å². The second-order valence-electron chi connectivity index (χ2n) is 24.7. The van der Waals surface area contributed by atoms with Crippen LogP contribution in [0.5, 0.6) is 5.75 Å². The van der Waals surface area contributed by atoms with E-state index in [-0.39, 0.29) is 82.2 Å². The van der Waals surface area contributed by atoms with E-state index in [1.165, 1.54) is 5.57 Å². The summed E-state index contributed by atoms with van der Waals surface area (Å²) in [7, 11) is 0. The van der Waals surface area contributed by atoms with Crippen LogP contribution in [0.25, 0.3) is 0 Å². The molecule has 6 aliphatic carbocycles. The summed E-state index contributed by atoms with van der Waals surface area (Å²) in [6.07, 6.45) is 9.30. The topological polar surface area (TPSA) is 157 Å². The zero-order valence-electron chi connectivity index (χ0n) is 41.2. The molecule has 1 heterocycles. The summed E-state index contributed by atoms with van der Waals surface area (Å²) in [5.74, 6) is -0.329. The van der Waals surface area contributed by atoms with Crippen LogP contribution in [0.15, 0.2) is 35.4 Å². The molecule has 0 spiro atoms. The predicted octanol–water partition coefficient (Wildman–Crippen LogP) is 9.51. The lowest BCUT2D eigenvalue weighted by Gasteiger charge is -2.72. The van der Waals surface area contributed by atoms with Crippen LogP contribution in [0.3, 0.4) is 0 Å². The number of aliphatic carboxylic acids is 1. The molecular formula is C54H78N2O9. The number of carbonyl (C=O) groups is 5. The van der Waals surface area contributed by atoms with Crippen LogP contribution in [0, 0.1) is 68.0 Å². The van der Waals surface area contributed by atoms with Gasteiger partial charge in [-0.1, -0.05) is 67.9 Å². The molecular weight excluding hydrogens is 821 g/mol. The Balaban J connectivity index is 0.951. The number of hydrogen-bond donors (Lipinski definition) is 3. The Morgan fingerprint density at radius 2 is 1.55 bits per heavy atom. The third-order valence-electron chi connectivity index (χ3n) is 19.6. The molecule has 11 heteroatoms. The summed E-state index contributed by atoms with van der Waals surface area (Å²) < 4.78 is 17.8. The second kappa shape index (κ2) is 16.5. The second-order valence-corrected chi connectivity index (χ2v) is 24.7. The molecule has 1 aliphatic heterocycles. The molecule has 3 N–H and O–H groups in total. The Bertz CT molecular complexity index is 2120. The van der Waals surface area contributed by atoms with Crippen LogP contribution in [-0.2, 0) is 28.7 Å². The van der Waals surface area contributed by atoms with Crippen molar-refractivity contribution in [2.45, 2.75) is 171 Å². The first kappa shape index (κ1) is 47.8. The van der Waals surface area contributed by atoms with Gasteiger partial charge in [-0.15, -0.1) is 0 Å². The van der Waals surface area contributed by atoms with Crippen molar-refractivity contribution in [1.29, 1.82) is 0 Å². The predicted molar refractivity (Wildman–Crippen MR) is 248 cm³/mol. The van der Waals surface area contributed by atoms with Gasteiger partial charge in [-0.05, 0) is 147 Å². The molecule has 0 aromatic heterocycles. The minimum absolute atomic E-state index is 0.0121. The quantitative estimate of drug-likeness (QED) is 0.174. The van der Waals surface area contributed by atoms with E-state index in [9.17, 15) is 29.1 Å². The number of nitrogens with one attached hydrogen (secondary N) is 2. The highest BCUT2D eigenvalue weighted by Gasteiger charge is 2.70. The Labute approximate surface area is 387 Å². The van der Waals surface area contributed by atoms with Crippen LogP contribution in [-0.4, -0.2) is 72.1 Å². The summed E-state index contributed by atoms with van der Waals surface area (Å²) in [6.45, 7) is 25.6. The van der Waals surface area contributed by atoms with E-state index in [2.05, 4.69) is 59.1 Å². The highest BCUT2D eigenvalue weighted by Crippen LogP contribution is 2.77. The van der Waals surface area contributed by atoms with Crippen molar-refractivity contribution in [1.82, 2.24) is 10.6 Å². The first-order chi connectivity index (χ1) is 30.3. The first-order valence-corrected chi connectivity index (χ1v) is 24.9. The summed E-state index contributed by atoms with van der Waals surface area (Å²) >= 11 is 0. The number of amides is 2. The van der Waals surface area contributed by atoms with Crippen molar-refractivity contribution in [3.63, 3.8) is 0 Å². The fourth-order valence-electron chi connectivity index (χ4n) is 15.7. The molecule has 358 valence electrons. The maximum absolute atomic E-state index is 14.2. The number of benzene rings is 1. The lowest BCUT2D eigenvalue weighted by molar-refractivity contribution is -0.236. The van der Waals surface area contributed by atoms with Gasteiger partial charge >= 0.3 is 11.9 Å². The molecule has 0 unspecified atom stereocenters. The standard InChI is InChI=1S/C54H78N2O9/c1-31(2)43-38(57)27-54(28-42(58)55-30-48(3,4)56-45(59)32-12-14-33(15-13-32)64-34-20-25-63-29-34)24-23-52(10)35(44(43)54)16-17-40-51(9)21-19-41(50(7,8)39(51)18-22-53(40,52)11)65-47(62)37-26-36(46(60)61)49(37,5)6/h12-15,31,34-37,39-41H,16-30H2,1-11H3,(H,55,58)(H,56,59)(H,60,61)/t34-,35+,36-,37+,39-,40+,41-,51-,52+,53+,54-/m0/s1. The van der Waals surface area contributed by atoms with Crippen LogP contribution in [0.2, 0.25) is 0 Å². The van der Waals surface area contributed by atoms with Crippen molar-refractivity contribution in [3.8, 4) is 5.75 Å². The lowest BCUT2D eigenvalue weighted by atomic mass is 9.33. The number of ketones is 1. The Kier molecular flexibility index (Phi) is 12.1. The maximum Gasteiger partial charge on any atom is 0.309 e. The number of carboxylic acid groups (broad SMARTS) is 1. The van der Waals surface area contributed by atoms with Crippen LogP contribution < -0.4 is 15.4 Å². The molecule has 2 amide bonds. The largest absolute Gasteiger partial charge is 0.488 e. The average Bonchev–Trinajstić information content (AvgIpc) is 3.83. The number of hydrogen-bond acceptors (Lipinski definition) is 8. The summed E-state index contributed by atoms with van der Waals surface area (Å²) in [4.78, 5) is 67.3. The number of esters is 1. The summed E-state index contributed by atoms with van der Waals surface area (Å²) in [6, 6.07) is 7.12. The van der Waals surface area contributed by atoms with Gasteiger partial charge in [0, 0.05) is 42.2 Å². The number of ether oxygens (including phenoxy) is 3.